The molecule has 3 heteroatoms. The second-order valence-electron chi connectivity index (χ2n) is 9.03. The predicted octanol–water partition coefficient (Wildman–Crippen LogP) is 6.13. The Labute approximate surface area is 166 Å². The molecule has 0 radical (unpaired) electrons. The predicted molar refractivity (Wildman–Crippen MR) is 125 cm³/mol. The maximum Gasteiger partial charge on any atom is 0.109 e. The van der Waals surface area contributed by atoms with E-state index in [1.54, 1.807) is 5.20 Å². The molecule has 3 rings (SSSR count). The molecule has 0 aliphatic rings. The average molecular weight is 390 g/mol. The number of hydrogen-bond acceptors (Lipinski definition) is 1. The van der Waals surface area contributed by atoms with E-state index in [9.17, 15) is 0 Å². The number of para-hydroxylation sites is 1. The number of fused-ring (bicyclic) bond motifs is 1. The van der Waals surface area contributed by atoms with Crippen LogP contribution < -0.4 is 5.19 Å². The Hall–Kier alpha value is -1.98. The van der Waals surface area contributed by atoms with Gasteiger partial charge in [0.1, 0.15) is 8.07 Å². The minimum Gasteiger partial charge on any atom is -0.256 e. The number of aryl methyl sites for hydroxylation is 1. The molecule has 1 nitrogen and oxygen atoms in total. The first-order valence-electron chi connectivity index (χ1n) is 9.88. The SMILES string of the molecule is C[Si](C)(C)/C=C(\CCc1ccccc1)[Si](C)(C)c1cccc2cccnc12. The number of hydrogen-bond donors (Lipinski definition) is 0. The molecule has 0 aliphatic carbocycles. The summed E-state index contributed by atoms with van der Waals surface area (Å²) in [6.07, 6.45) is 4.20. The lowest BCUT2D eigenvalue weighted by Crippen LogP contribution is -2.45. The van der Waals surface area contributed by atoms with Gasteiger partial charge in [0.25, 0.3) is 0 Å². The van der Waals surface area contributed by atoms with Crippen LogP contribution in [0.5, 0.6) is 0 Å². The third-order valence-corrected chi connectivity index (χ3v) is 10.5. The van der Waals surface area contributed by atoms with Crippen molar-refractivity contribution >= 4 is 32.2 Å². The molecule has 0 aliphatic heterocycles. The number of benzene rings is 2. The number of pyridine rings is 1. The second-order valence-corrected chi connectivity index (χ2v) is 18.5. The minimum atomic E-state index is -1.80. The van der Waals surface area contributed by atoms with Crippen LogP contribution in [-0.2, 0) is 6.42 Å². The number of aromatic nitrogens is 1. The molecular weight excluding hydrogens is 358 g/mol. The molecule has 0 saturated carbocycles. The first kappa shape index (κ1) is 19.8. The highest BCUT2D eigenvalue weighted by Crippen LogP contribution is 2.26. The van der Waals surface area contributed by atoms with Gasteiger partial charge in [-0.25, -0.2) is 0 Å². The highest BCUT2D eigenvalue weighted by molar-refractivity contribution is 6.98. The van der Waals surface area contributed by atoms with Crippen LogP contribution in [0.1, 0.15) is 12.0 Å². The molecule has 0 atom stereocenters. The standard InChI is InChI=1S/C24H31NSi2/c1-26(2,3)19-22(17-16-20-11-7-6-8-12-20)27(4,5)23-15-9-13-21-14-10-18-25-24(21)23/h6-15,18-19H,16-17H2,1-5H3/b22-19+. The van der Waals surface area contributed by atoms with Gasteiger partial charge in [0, 0.05) is 11.6 Å². The second kappa shape index (κ2) is 7.95. The molecule has 3 aromatic rings. The van der Waals surface area contributed by atoms with Crippen molar-refractivity contribution in [1.82, 2.24) is 4.98 Å². The summed E-state index contributed by atoms with van der Waals surface area (Å²) < 4.78 is 0. The van der Waals surface area contributed by atoms with Crippen LogP contribution in [0.4, 0.5) is 0 Å². The zero-order valence-electron chi connectivity index (χ0n) is 17.3. The molecule has 0 spiro atoms. The van der Waals surface area contributed by atoms with Gasteiger partial charge in [0.2, 0.25) is 0 Å². The van der Waals surface area contributed by atoms with Crippen molar-refractivity contribution in [2.45, 2.75) is 45.6 Å². The van der Waals surface area contributed by atoms with Crippen LogP contribution in [0.25, 0.3) is 10.9 Å². The van der Waals surface area contributed by atoms with Gasteiger partial charge in [-0.2, -0.15) is 0 Å². The number of nitrogens with zero attached hydrogens (tertiary/aromatic N) is 1. The lowest BCUT2D eigenvalue weighted by atomic mass is 10.1. The quantitative estimate of drug-likeness (QED) is 0.462. The Kier molecular flexibility index (Phi) is 5.82. The van der Waals surface area contributed by atoms with Gasteiger partial charge in [-0.15, -0.1) is 0 Å². The largest absolute Gasteiger partial charge is 0.256 e. The fourth-order valence-electron chi connectivity index (χ4n) is 3.79. The van der Waals surface area contributed by atoms with Gasteiger partial charge in [0.15, 0.2) is 0 Å². The van der Waals surface area contributed by atoms with Crippen LogP contribution in [-0.4, -0.2) is 21.1 Å². The maximum atomic E-state index is 4.76. The van der Waals surface area contributed by atoms with Gasteiger partial charge in [0.05, 0.1) is 13.6 Å². The van der Waals surface area contributed by atoms with E-state index in [4.69, 9.17) is 4.98 Å². The first-order chi connectivity index (χ1) is 12.8. The fourth-order valence-corrected chi connectivity index (χ4v) is 10.1. The van der Waals surface area contributed by atoms with E-state index >= 15 is 0 Å². The maximum absolute atomic E-state index is 4.76. The van der Waals surface area contributed by atoms with E-state index < -0.39 is 16.1 Å². The lowest BCUT2D eigenvalue weighted by Gasteiger charge is -2.30. The summed E-state index contributed by atoms with van der Waals surface area (Å²) in [6.45, 7) is 12.4. The molecule has 0 unspecified atom stereocenters. The molecule has 2 aromatic carbocycles. The molecule has 0 amide bonds. The average Bonchev–Trinajstić information content (AvgIpc) is 2.64. The molecule has 1 aromatic heterocycles. The summed E-state index contributed by atoms with van der Waals surface area (Å²) in [6, 6.07) is 21.8. The summed E-state index contributed by atoms with van der Waals surface area (Å²) in [5.41, 5.74) is 5.29. The fraction of sp³-hybridized carbons (Fsp3) is 0.292. The van der Waals surface area contributed by atoms with Gasteiger partial charge < -0.3 is 0 Å². The van der Waals surface area contributed by atoms with E-state index in [0.29, 0.717) is 0 Å². The van der Waals surface area contributed by atoms with Crippen molar-refractivity contribution in [2.75, 3.05) is 0 Å². The van der Waals surface area contributed by atoms with Crippen LogP contribution >= 0.6 is 0 Å². The van der Waals surface area contributed by atoms with Crippen LogP contribution in [0.15, 0.2) is 77.8 Å². The van der Waals surface area contributed by atoms with Crippen molar-refractivity contribution in [1.29, 1.82) is 0 Å². The van der Waals surface area contributed by atoms with E-state index in [2.05, 4.69) is 93.0 Å². The molecule has 140 valence electrons. The zero-order valence-corrected chi connectivity index (χ0v) is 19.3. The Bertz CT molecular complexity index is 932. The van der Waals surface area contributed by atoms with Crippen molar-refractivity contribution < 1.29 is 0 Å². The summed E-state index contributed by atoms with van der Waals surface area (Å²) in [4.78, 5) is 4.76. The summed E-state index contributed by atoms with van der Waals surface area (Å²) >= 11 is 0. The molecule has 0 fully saturated rings. The molecule has 1 heterocycles. The van der Waals surface area contributed by atoms with E-state index in [1.807, 2.05) is 12.3 Å². The van der Waals surface area contributed by atoms with E-state index in [1.165, 1.54) is 21.7 Å². The van der Waals surface area contributed by atoms with Crippen molar-refractivity contribution in [2.24, 2.45) is 0 Å². The van der Waals surface area contributed by atoms with Crippen LogP contribution in [0.3, 0.4) is 0 Å². The van der Waals surface area contributed by atoms with Gasteiger partial charge >= 0.3 is 0 Å². The summed E-state index contributed by atoms with van der Waals surface area (Å²) in [5.74, 6) is 0. The van der Waals surface area contributed by atoms with Gasteiger partial charge in [-0.1, -0.05) is 98.2 Å². The molecule has 0 saturated heterocycles. The molecule has 0 N–H and O–H groups in total. The van der Waals surface area contributed by atoms with Gasteiger partial charge in [-0.3, -0.25) is 4.98 Å². The van der Waals surface area contributed by atoms with Crippen LogP contribution in [0.2, 0.25) is 32.7 Å². The normalized spacial score (nSPS) is 13.1. The van der Waals surface area contributed by atoms with Crippen molar-refractivity contribution in [3.05, 3.63) is 83.3 Å². The Morgan fingerprint density at radius 2 is 1.56 bits per heavy atom. The molecule has 27 heavy (non-hydrogen) atoms. The van der Waals surface area contributed by atoms with Crippen molar-refractivity contribution in [3.63, 3.8) is 0 Å². The van der Waals surface area contributed by atoms with Gasteiger partial charge in [-0.05, 0) is 29.7 Å². The third-order valence-electron chi connectivity index (χ3n) is 5.24. The first-order valence-corrected chi connectivity index (χ1v) is 16.5. The van der Waals surface area contributed by atoms with E-state index in [0.717, 1.165) is 12.8 Å². The highest BCUT2D eigenvalue weighted by atomic mass is 28.3. The highest BCUT2D eigenvalue weighted by Gasteiger charge is 2.31. The third kappa shape index (κ3) is 4.85. The lowest BCUT2D eigenvalue weighted by molar-refractivity contribution is 0.978. The van der Waals surface area contributed by atoms with E-state index in [-0.39, 0.29) is 0 Å². The number of allylic oxidation sites excluding steroid dienone is 1. The minimum absolute atomic E-state index is 1.12. The van der Waals surface area contributed by atoms with Crippen LogP contribution in [0, 0.1) is 0 Å². The number of rotatable bonds is 6. The monoisotopic (exact) mass is 389 g/mol. The smallest absolute Gasteiger partial charge is 0.109 e. The summed E-state index contributed by atoms with van der Waals surface area (Å²) in [5, 5.41) is 4.41. The topological polar surface area (TPSA) is 12.9 Å². The Morgan fingerprint density at radius 3 is 2.26 bits per heavy atom. The van der Waals surface area contributed by atoms with Crippen molar-refractivity contribution in [3.8, 4) is 0 Å². The zero-order chi connectivity index (χ0) is 19.5. The Morgan fingerprint density at radius 1 is 0.852 bits per heavy atom. The Balaban J connectivity index is 2.03. The molecular formula is C24H31NSi2. The molecule has 0 bridgehead atoms. The summed E-state index contributed by atoms with van der Waals surface area (Å²) in [7, 11) is -3.12.